The van der Waals surface area contributed by atoms with Crippen molar-refractivity contribution in [3.63, 3.8) is 0 Å². The number of anilines is 1. The highest BCUT2D eigenvalue weighted by molar-refractivity contribution is 5.80. The lowest BCUT2D eigenvalue weighted by Crippen LogP contribution is -2.43. The maximum Gasteiger partial charge on any atom is 0.320 e. The number of carbonyl (C=O) groups is 2. The average molecular weight is 319 g/mol. The van der Waals surface area contributed by atoms with Crippen LogP contribution in [0.4, 0.5) is 5.69 Å². The van der Waals surface area contributed by atoms with E-state index in [9.17, 15) is 9.59 Å². The summed E-state index contributed by atoms with van der Waals surface area (Å²) in [4.78, 5) is 26.9. The molecule has 1 amide bonds. The van der Waals surface area contributed by atoms with Gasteiger partial charge in [0.1, 0.15) is 6.04 Å². The molecular formula is C17H25N3O3. The Balaban J connectivity index is 1.64. The number of likely N-dealkylation sites (tertiary alicyclic amines) is 1. The Morgan fingerprint density at radius 1 is 1.35 bits per heavy atom. The van der Waals surface area contributed by atoms with Crippen LogP contribution in [-0.2, 0) is 9.59 Å². The van der Waals surface area contributed by atoms with E-state index in [-0.39, 0.29) is 12.5 Å². The van der Waals surface area contributed by atoms with Crippen LogP contribution >= 0.6 is 0 Å². The van der Waals surface area contributed by atoms with E-state index in [0.717, 1.165) is 25.1 Å². The standard InChI is InChI=1S/C17H25N3O3/c1-19(14-7-3-2-4-8-14)11-6-10-18-16(21)13-20-12-5-9-15(20)17(22)23/h2-4,7-8,15H,5-6,9-13H2,1H3,(H,18,21)(H,22,23)/t15-/m0/s1. The molecule has 0 unspecified atom stereocenters. The second kappa shape index (κ2) is 8.53. The van der Waals surface area contributed by atoms with Crippen molar-refractivity contribution < 1.29 is 14.7 Å². The predicted octanol–water partition coefficient (Wildman–Crippen LogP) is 1.18. The van der Waals surface area contributed by atoms with Crippen molar-refractivity contribution in [2.45, 2.75) is 25.3 Å². The number of carboxylic acids is 1. The van der Waals surface area contributed by atoms with Crippen LogP contribution in [-0.4, -0.2) is 61.2 Å². The fourth-order valence-corrected chi connectivity index (χ4v) is 2.89. The summed E-state index contributed by atoms with van der Waals surface area (Å²) in [7, 11) is 2.03. The summed E-state index contributed by atoms with van der Waals surface area (Å²) in [5, 5.41) is 12.0. The fourth-order valence-electron chi connectivity index (χ4n) is 2.89. The highest BCUT2D eigenvalue weighted by Crippen LogP contribution is 2.16. The molecule has 1 aromatic rings. The van der Waals surface area contributed by atoms with Crippen molar-refractivity contribution in [3.8, 4) is 0 Å². The van der Waals surface area contributed by atoms with Crippen molar-refractivity contribution in [2.24, 2.45) is 0 Å². The molecule has 2 rings (SSSR count). The van der Waals surface area contributed by atoms with Gasteiger partial charge in [-0.2, -0.15) is 0 Å². The van der Waals surface area contributed by atoms with Crippen LogP contribution in [0, 0.1) is 0 Å². The highest BCUT2D eigenvalue weighted by atomic mass is 16.4. The van der Waals surface area contributed by atoms with E-state index in [1.54, 1.807) is 4.90 Å². The lowest BCUT2D eigenvalue weighted by Gasteiger charge is -2.21. The second-order valence-electron chi connectivity index (χ2n) is 5.93. The second-order valence-corrected chi connectivity index (χ2v) is 5.93. The van der Waals surface area contributed by atoms with Crippen LogP contribution in [0.3, 0.4) is 0 Å². The normalized spacial score (nSPS) is 17.9. The molecule has 0 spiro atoms. The first-order valence-corrected chi connectivity index (χ1v) is 8.07. The predicted molar refractivity (Wildman–Crippen MR) is 89.6 cm³/mol. The van der Waals surface area contributed by atoms with Gasteiger partial charge in [0.15, 0.2) is 0 Å². The topological polar surface area (TPSA) is 72.9 Å². The van der Waals surface area contributed by atoms with Gasteiger partial charge < -0.3 is 15.3 Å². The van der Waals surface area contributed by atoms with Gasteiger partial charge in [0, 0.05) is 25.8 Å². The number of amides is 1. The highest BCUT2D eigenvalue weighted by Gasteiger charge is 2.31. The molecule has 23 heavy (non-hydrogen) atoms. The number of carboxylic acid groups (broad SMARTS) is 1. The van der Waals surface area contributed by atoms with Gasteiger partial charge in [-0.3, -0.25) is 14.5 Å². The molecule has 0 saturated carbocycles. The summed E-state index contributed by atoms with van der Waals surface area (Å²) in [5.74, 6) is -0.930. The van der Waals surface area contributed by atoms with Crippen LogP contribution in [0.25, 0.3) is 0 Å². The Morgan fingerprint density at radius 2 is 2.09 bits per heavy atom. The molecule has 0 radical (unpaired) electrons. The largest absolute Gasteiger partial charge is 0.480 e. The summed E-state index contributed by atoms with van der Waals surface area (Å²) in [6.45, 7) is 2.31. The molecule has 1 aliphatic rings. The molecule has 1 heterocycles. The maximum atomic E-state index is 11.9. The maximum absolute atomic E-state index is 11.9. The Hall–Kier alpha value is -2.08. The van der Waals surface area contributed by atoms with E-state index in [2.05, 4.69) is 22.3 Å². The van der Waals surface area contributed by atoms with Gasteiger partial charge in [0.05, 0.1) is 6.54 Å². The lowest BCUT2D eigenvalue weighted by atomic mass is 10.2. The molecule has 0 aromatic heterocycles. The van der Waals surface area contributed by atoms with Gasteiger partial charge in [-0.25, -0.2) is 0 Å². The van der Waals surface area contributed by atoms with Crippen LogP contribution in [0.5, 0.6) is 0 Å². The van der Waals surface area contributed by atoms with Crippen LogP contribution in [0.1, 0.15) is 19.3 Å². The van der Waals surface area contributed by atoms with Crippen molar-refractivity contribution in [1.29, 1.82) is 0 Å². The number of hydrogen-bond acceptors (Lipinski definition) is 4. The Labute approximate surface area is 137 Å². The van der Waals surface area contributed by atoms with Crippen molar-refractivity contribution >= 4 is 17.6 Å². The molecule has 6 nitrogen and oxygen atoms in total. The van der Waals surface area contributed by atoms with Crippen LogP contribution in [0.2, 0.25) is 0 Å². The minimum atomic E-state index is -0.834. The van der Waals surface area contributed by atoms with Gasteiger partial charge >= 0.3 is 5.97 Å². The minimum absolute atomic E-state index is 0.0967. The van der Waals surface area contributed by atoms with Crippen molar-refractivity contribution in [3.05, 3.63) is 30.3 Å². The third-order valence-corrected chi connectivity index (χ3v) is 4.18. The molecule has 1 aliphatic heterocycles. The number of rotatable bonds is 8. The summed E-state index contributed by atoms with van der Waals surface area (Å²) < 4.78 is 0. The van der Waals surface area contributed by atoms with Crippen LogP contribution in [0.15, 0.2) is 30.3 Å². The van der Waals surface area contributed by atoms with E-state index in [1.807, 2.05) is 25.2 Å². The third-order valence-electron chi connectivity index (χ3n) is 4.18. The Kier molecular flexibility index (Phi) is 6.40. The van der Waals surface area contributed by atoms with Gasteiger partial charge in [0.2, 0.25) is 5.91 Å². The zero-order chi connectivity index (χ0) is 16.7. The SMILES string of the molecule is CN(CCCNC(=O)CN1CCC[C@H]1C(=O)O)c1ccccc1. The van der Waals surface area contributed by atoms with Crippen LogP contribution < -0.4 is 10.2 Å². The first-order valence-electron chi connectivity index (χ1n) is 8.07. The molecule has 126 valence electrons. The number of aliphatic carboxylic acids is 1. The number of para-hydroxylation sites is 1. The molecule has 0 aliphatic carbocycles. The number of nitrogens with one attached hydrogen (secondary N) is 1. The van der Waals surface area contributed by atoms with E-state index in [0.29, 0.717) is 19.5 Å². The Morgan fingerprint density at radius 3 is 2.78 bits per heavy atom. The fraction of sp³-hybridized carbons (Fsp3) is 0.529. The lowest BCUT2D eigenvalue weighted by molar-refractivity contribution is -0.142. The van der Waals surface area contributed by atoms with Gasteiger partial charge in [0.25, 0.3) is 0 Å². The van der Waals surface area contributed by atoms with E-state index in [1.165, 1.54) is 0 Å². The zero-order valence-electron chi connectivity index (χ0n) is 13.6. The van der Waals surface area contributed by atoms with Gasteiger partial charge in [-0.1, -0.05) is 18.2 Å². The molecule has 1 fully saturated rings. The number of hydrogen-bond donors (Lipinski definition) is 2. The minimum Gasteiger partial charge on any atom is -0.480 e. The average Bonchev–Trinajstić information content (AvgIpc) is 3.00. The number of carbonyl (C=O) groups excluding carboxylic acids is 1. The molecule has 2 N–H and O–H groups in total. The molecule has 0 bridgehead atoms. The first-order chi connectivity index (χ1) is 11.1. The molecule has 1 saturated heterocycles. The monoisotopic (exact) mass is 319 g/mol. The first kappa shape index (κ1) is 17.3. The Bertz CT molecular complexity index is 521. The summed E-state index contributed by atoms with van der Waals surface area (Å²) in [5.41, 5.74) is 1.15. The van der Waals surface area contributed by atoms with E-state index in [4.69, 9.17) is 5.11 Å². The number of nitrogens with zero attached hydrogens (tertiary/aromatic N) is 2. The zero-order valence-corrected chi connectivity index (χ0v) is 13.6. The van der Waals surface area contributed by atoms with Crippen molar-refractivity contribution in [2.75, 3.05) is 38.1 Å². The van der Waals surface area contributed by atoms with Gasteiger partial charge in [-0.05, 0) is 37.9 Å². The summed E-state index contributed by atoms with van der Waals surface area (Å²) >= 11 is 0. The van der Waals surface area contributed by atoms with E-state index < -0.39 is 12.0 Å². The molecule has 6 heteroatoms. The summed E-state index contributed by atoms with van der Waals surface area (Å²) in [6.07, 6.45) is 2.32. The van der Waals surface area contributed by atoms with Gasteiger partial charge in [-0.15, -0.1) is 0 Å². The van der Waals surface area contributed by atoms with E-state index >= 15 is 0 Å². The smallest absolute Gasteiger partial charge is 0.320 e. The quantitative estimate of drug-likeness (QED) is 0.704. The molecule has 1 aromatic carbocycles. The third kappa shape index (κ3) is 5.25. The summed E-state index contributed by atoms with van der Waals surface area (Å²) in [6, 6.07) is 9.59. The molecule has 1 atom stereocenters. The number of benzene rings is 1. The molecular weight excluding hydrogens is 294 g/mol. The van der Waals surface area contributed by atoms with Crippen molar-refractivity contribution in [1.82, 2.24) is 10.2 Å².